The van der Waals surface area contributed by atoms with Gasteiger partial charge in [0.25, 0.3) is 0 Å². The van der Waals surface area contributed by atoms with Crippen molar-refractivity contribution in [3.05, 3.63) is 0 Å². The van der Waals surface area contributed by atoms with Gasteiger partial charge in [-0.3, -0.25) is 0 Å². The molecule has 26 heavy (non-hydrogen) atoms. The van der Waals surface area contributed by atoms with E-state index in [0.29, 0.717) is 17.8 Å². The van der Waals surface area contributed by atoms with Gasteiger partial charge in [-0.2, -0.15) is 5.26 Å². The highest BCUT2D eigenvalue weighted by molar-refractivity contribution is 7.82. The van der Waals surface area contributed by atoms with Crippen LogP contribution in [0.25, 0.3) is 0 Å². The molecular formula is C19H36N2O3S2. The van der Waals surface area contributed by atoms with Crippen LogP contribution in [0.3, 0.4) is 0 Å². The molecule has 7 heteroatoms. The van der Waals surface area contributed by atoms with Crippen LogP contribution in [0.4, 0.5) is 0 Å². The molecule has 0 aliphatic carbocycles. The summed E-state index contributed by atoms with van der Waals surface area (Å²) in [6.45, 7) is 3.71. The fraction of sp³-hybridized carbons (Fsp3) is 0.895. The first kappa shape index (κ1) is 25.3. The molecule has 0 aliphatic heterocycles. The SMILES string of the molecule is CCCCCCCCCCCCC(=S)N([SH](=O)=O)C(C)(C#N)CCCO. The van der Waals surface area contributed by atoms with E-state index in [1.165, 1.54) is 44.9 Å². The number of hydrogen-bond acceptors (Lipinski definition) is 5. The molecule has 1 atom stereocenters. The average molecular weight is 405 g/mol. The number of nitriles is 1. The molecule has 0 saturated heterocycles. The van der Waals surface area contributed by atoms with Gasteiger partial charge in [-0.15, -0.1) is 0 Å². The highest BCUT2D eigenvalue weighted by Gasteiger charge is 2.35. The van der Waals surface area contributed by atoms with Crippen LogP contribution in [0.15, 0.2) is 0 Å². The summed E-state index contributed by atoms with van der Waals surface area (Å²) in [5.41, 5.74) is -1.21. The van der Waals surface area contributed by atoms with E-state index in [2.05, 4.69) is 13.0 Å². The summed E-state index contributed by atoms with van der Waals surface area (Å²) < 4.78 is 24.4. The van der Waals surface area contributed by atoms with Crippen LogP contribution in [0, 0.1) is 11.3 Å². The van der Waals surface area contributed by atoms with Crippen LogP contribution in [0.5, 0.6) is 0 Å². The van der Waals surface area contributed by atoms with Crippen molar-refractivity contribution in [2.75, 3.05) is 6.61 Å². The third-order valence-corrected chi connectivity index (χ3v) is 6.21. The Morgan fingerprint density at radius 2 is 1.54 bits per heavy atom. The van der Waals surface area contributed by atoms with Crippen molar-refractivity contribution in [1.29, 1.82) is 5.26 Å². The molecule has 0 aliphatic rings. The smallest absolute Gasteiger partial charge is 0.226 e. The molecule has 0 radical (unpaired) electrons. The second kappa shape index (κ2) is 15.4. The second-order valence-electron chi connectivity index (χ2n) is 7.09. The Hall–Kier alpha value is -0.710. The highest BCUT2D eigenvalue weighted by atomic mass is 32.2. The summed E-state index contributed by atoms with van der Waals surface area (Å²) in [6.07, 6.45) is 13.2. The summed E-state index contributed by atoms with van der Waals surface area (Å²) in [7, 11) is -2.96. The molecule has 5 nitrogen and oxygen atoms in total. The van der Waals surface area contributed by atoms with Crippen molar-refractivity contribution in [1.82, 2.24) is 4.31 Å². The molecule has 152 valence electrons. The number of nitrogens with zero attached hydrogens (tertiary/aromatic N) is 2. The number of aliphatic hydroxyl groups excluding tert-OH is 1. The Bertz CT molecular complexity index is 496. The zero-order chi connectivity index (χ0) is 19.8. The van der Waals surface area contributed by atoms with Gasteiger partial charge in [0.05, 0.1) is 11.1 Å². The summed E-state index contributed by atoms with van der Waals surface area (Å²) in [4.78, 5) is 0.308. The molecule has 0 aromatic rings. The predicted octanol–water partition coefficient (Wildman–Crippen LogP) is 4.51. The van der Waals surface area contributed by atoms with Gasteiger partial charge in [0.15, 0.2) is 0 Å². The molecule has 0 spiro atoms. The first-order valence-electron chi connectivity index (χ1n) is 9.92. The number of aliphatic hydroxyl groups is 1. The van der Waals surface area contributed by atoms with E-state index in [-0.39, 0.29) is 13.0 Å². The van der Waals surface area contributed by atoms with Gasteiger partial charge < -0.3 is 5.11 Å². The molecule has 0 aromatic heterocycles. The highest BCUT2D eigenvalue weighted by Crippen LogP contribution is 2.23. The van der Waals surface area contributed by atoms with Crippen molar-refractivity contribution in [3.8, 4) is 6.07 Å². The predicted molar refractivity (Wildman–Crippen MR) is 112 cm³/mol. The monoisotopic (exact) mass is 404 g/mol. The normalized spacial score (nSPS) is 13.3. The fourth-order valence-corrected chi connectivity index (χ4v) is 4.38. The zero-order valence-corrected chi connectivity index (χ0v) is 18.1. The van der Waals surface area contributed by atoms with Crippen molar-refractivity contribution in [2.45, 2.75) is 103 Å². The van der Waals surface area contributed by atoms with Crippen LogP contribution in [0.2, 0.25) is 0 Å². The summed E-state index contributed by atoms with van der Waals surface area (Å²) in [6, 6.07) is 2.06. The minimum absolute atomic E-state index is 0.0774. The lowest BCUT2D eigenvalue weighted by molar-refractivity contribution is 0.254. The molecule has 0 rings (SSSR count). The lowest BCUT2D eigenvalue weighted by Gasteiger charge is -2.33. The summed E-state index contributed by atoms with van der Waals surface area (Å²) in [5.74, 6) is 0. The maximum absolute atomic E-state index is 11.7. The van der Waals surface area contributed by atoms with Crippen molar-refractivity contribution in [3.63, 3.8) is 0 Å². The number of unbranched alkanes of at least 4 members (excludes halogenated alkanes) is 9. The summed E-state index contributed by atoms with van der Waals surface area (Å²) >= 11 is 5.31. The molecule has 0 amide bonds. The first-order chi connectivity index (χ1) is 12.4. The van der Waals surface area contributed by atoms with E-state index in [0.717, 1.165) is 23.6 Å². The van der Waals surface area contributed by atoms with Crippen LogP contribution in [0.1, 0.15) is 97.3 Å². The third kappa shape index (κ3) is 10.4. The molecule has 0 bridgehead atoms. The van der Waals surface area contributed by atoms with Gasteiger partial charge >= 0.3 is 0 Å². The zero-order valence-electron chi connectivity index (χ0n) is 16.4. The largest absolute Gasteiger partial charge is 0.396 e. The van der Waals surface area contributed by atoms with E-state index in [4.69, 9.17) is 17.3 Å². The van der Waals surface area contributed by atoms with Gasteiger partial charge in [-0.25, -0.2) is 12.7 Å². The minimum atomic E-state index is -2.96. The molecule has 0 saturated carbocycles. The Morgan fingerprint density at radius 3 is 1.96 bits per heavy atom. The maximum Gasteiger partial charge on any atom is 0.226 e. The molecule has 1 N–H and O–H groups in total. The Labute approximate surface area is 166 Å². The number of hydrogen-bond donors (Lipinski definition) is 2. The Balaban J connectivity index is 4.19. The van der Waals surface area contributed by atoms with Crippen LogP contribution in [-0.4, -0.2) is 35.0 Å². The quantitative estimate of drug-likeness (QED) is 0.225. The third-order valence-electron chi connectivity index (χ3n) is 4.67. The molecule has 0 fully saturated rings. The van der Waals surface area contributed by atoms with Gasteiger partial charge in [0, 0.05) is 6.61 Å². The van der Waals surface area contributed by atoms with Gasteiger partial charge in [0.2, 0.25) is 10.9 Å². The van der Waals surface area contributed by atoms with Crippen molar-refractivity contribution >= 4 is 28.1 Å². The van der Waals surface area contributed by atoms with Crippen molar-refractivity contribution in [2.24, 2.45) is 0 Å². The second-order valence-corrected chi connectivity index (χ2v) is 8.44. The average Bonchev–Trinajstić information content (AvgIpc) is 2.61. The number of rotatable bonds is 16. The lowest BCUT2D eigenvalue weighted by Crippen LogP contribution is -2.47. The van der Waals surface area contributed by atoms with Gasteiger partial charge in [-0.1, -0.05) is 76.9 Å². The minimum Gasteiger partial charge on any atom is -0.396 e. The lowest BCUT2D eigenvalue weighted by atomic mass is 9.97. The van der Waals surface area contributed by atoms with Crippen LogP contribution < -0.4 is 0 Å². The first-order valence-corrected chi connectivity index (χ1v) is 11.5. The summed E-state index contributed by atoms with van der Waals surface area (Å²) in [5, 5.41) is 18.4. The standard InChI is InChI=1S/C19H36N2O3S2/c1-3-4-5-6-7-8-9-10-11-12-14-18(25)21(26(23)24)19(2,17-20)15-13-16-22/h22,26H,3-16H2,1-2H3. The van der Waals surface area contributed by atoms with Crippen LogP contribution in [-0.2, 0) is 10.9 Å². The van der Waals surface area contributed by atoms with Crippen LogP contribution >= 0.6 is 12.2 Å². The number of thiol groups is 1. The molecule has 0 aromatic carbocycles. The van der Waals surface area contributed by atoms with Gasteiger partial charge in [0.1, 0.15) is 5.54 Å². The van der Waals surface area contributed by atoms with Crippen molar-refractivity contribution < 1.29 is 13.5 Å². The van der Waals surface area contributed by atoms with E-state index in [1.807, 2.05) is 0 Å². The van der Waals surface area contributed by atoms with E-state index in [1.54, 1.807) is 6.92 Å². The Kier molecular flexibility index (Phi) is 14.9. The Morgan fingerprint density at radius 1 is 1.04 bits per heavy atom. The molecule has 0 heterocycles. The number of thiocarbonyl (C=S) groups is 1. The van der Waals surface area contributed by atoms with E-state index >= 15 is 0 Å². The topological polar surface area (TPSA) is 81.4 Å². The van der Waals surface area contributed by atoms with Gasteiger partial charge in [-0.05, 0) is 32.6 Å². The molecule has 1 unspecified atom stereocenters. The maximum atomic E-state index is 11.7. The van der Waals surface area contributed by atoms with E-state index in [9.17, 15) is 13.7 Å². The van der Waals surface area contributed by atoms with E-state index < -0.39 is 16.4 Å². The fourth-order valence-electron chi connectivity index (χ4n) is 3.05. The molecular weight excluding hydrogens is 368 g/mol.